The molecule has 0 amide bonds. The maximum Gasteiger partial charge on any atom is 0.0894 e. The first-order valence-electron chi connectivity index (χ1n) is 6.83. The Kier molecular flexibility index (Phi) is 4.63. The Morgan fingerprint density at radius 1 is 1.26 bits per heavy atom. The monoisotopic (exact) mass is 255 g/mol. The molecular weight excluding hydrogens is 234 g/mol. The fraction of sp³-hybridized carbons (Fsp3) is 0.375. The van der Waals surface area contributed by atoms with E-state index in [0.29, 0.717) is 6.04 Å². The van der Waals surface area contributed by atoms with Crippen LogP contribution in [0.3, 0.4) is 0 Å². The van der Waals surface area contributed by atoms with Crippen molar-refractivity contribution in [1.29, 1.82) is 0 Å². The summed E-state index contributed by atoms with van der Waals surface area (Å²) in [7, 11) is 0. The number of aromatic nitrogens is 2. The average Bonchev–Trinajstić information content (AvgIpc) is 2.43. The van der Waals surface area contributed by atoms with E-state index in [4.69, 9.17) is 0 Å². The van der Waals surface area contributed by atoms with Crippen molar-refractivity contribution in [2.45, 2.75) is 33.2 Å². The van der Waals surface area contributed by atoms with Crippen LogP contribution in [0.2, 0.25) is 0 Å². The van der Waals surface area contributed by atoms with Crippen LogP contribution in [-0.2, 0) is 0 Å². The van der Waals surface area contributed by atoms with Crippen LogP contribution in [0, 0.1) is 0 Å². The Labute approximate surface area is 114 Å². The predicted octanol–water partition coefficient (Wildman–Crippen LogP) is 3.42. The summed E-state index contributed by atoms with van der Waals surface area (Å²) in [6.07, 6.45) is 5.00. The molecule has 3 heteroatoms. The van der Waals surface area contributed by atoms with Crippen molar-refractivity contribution < 1.29 is 0 Å². The summed E-state index contributed by atoms with van der Waals surface area (Å²) in [6, 6.07) is 8.45. The summed E-state index contributed by atoms with van der Waals surface area (Å²) in [4.78, 5) is 9.06. The summed E-state index contributed by atoms with van der Waals surface area (Å²) in [6.45, 7) is 7.39. The third-order valence-electron chi connectivity index (χ3n) is 3.01. The Hall–Kier alpha value is -1.74. The highest BCUT2D eigenvalue weighted by Gasteiger charge is 2.00. The van der Waals surface area contributed by atoms with Crippen molar-refractivity contribution >= 4 is 17.1 Å². The third kappa shape index (κ3) is 3.86. The van der Waals surface area contributed by atoms with Gasteiger partial charge in [0.15, 0.2) is 0 Å². The number of nitrogens with zero attached hydrogens (tertiary/aromatic N) is 2. The van der Waals surface area contributed by atoms with Crippen molar-refractivity contribution in [3.8, 4) is 0 Å². The molecule has 0 spiro atoms. The molecule has 0 aliphatic heterocycles. The van der Waals surface area contributed by atoms with Crippen LogP contribution in [0.1, 0.15) is 32.9 Å². The fourth-order valence-corrected chi connectivity index (χ4v) is 1.86. The third-order valence-corrected chi connectivity index (χ3v) is 3.01. The predicted molar refractivity (Wildman–Crippen MR) is 80.9 cm³/mol. The SMILES string of the molecule is CCC(=Cc1cnc2ccccc2n1)CNC(C)C. The molecule has 2 rings (SSSR count). The van der Waals surface area contributed by atoms with Crippen molar-refractivity contribution in [2.75, 3.05) is 6.54 Å². The Morgan fingerprint density at radius 3 is 2.68 bits per heavy atom. The van der Waals surface area contributed by atoms with E-state index < -0.39 is 0 Å². The zero-order valence-electron chi connectivity index (χ0n) is 11.9. The van der Waals surface area contributed by atoms with E-state index in [2.05, 4.69) is 42.1 Å². The first-order chi connectivity index (χ1) is 9.19. The van der Waals surface area contributed by atoms with Gasteiger partial charge in [0.2, 0.25) is 0 Å². The largest absolute Gasteiger partial charge is 0.311 e. The van der Waals surface area contributed by atoms with Gasteiger partial charge in [-0.1, -0.05) is 38.5 Å². The van der Waals surface area contributed by atoms with E-state index in [1.165, 1.54) is 5.57 Å². The van der Waals surface area contributed by atoms with Crippen molar-refractivity contribution in [2.24, 2.45) is 0 Å². The molecule has 0 saturated carbocycles. The van der Waals surface area contributed by atoms with Crippen molar-refractivity contribution in [1.82, 2.24) is 15.3 Å². The Balaban J connectivity index is 2.22. The molecule has 0 aliphatic rings. The fourth-order valence-electron chi connectivity index (χ4n) is 1.86. The molecule has 19 heavy (non-hydrogen) atoms. The van der Waals surface area contributed by atoms with Gasteiger partial charge in [0.05, 0.1) is 22.9 Å². The molecule has 1 aromatic heterocycles. The molecule has 1 aromatic carbocycles. The van der Waals surface area contributed by atoms with Gasteiger partial charge in [-0.05, 0) is 24.6 Å². The van der Waals surface area contributed by atoms with Crippen LogP contribution >= 0.6 is 0 Å². The summed E-state index contributed by atoms with van der Waals surface area (Å²) in [5.74, 6) is 0. The minimum Gasteiger partial charge on any atom is -0.311 e. The number of hydrogen-bond acceptors (Lipinski definition) is 3. The van der Waals surface area contributed by atoms with Crippen LogP contribution in [-0.4, -0.2) is 22.6 Å². The molecule has 0 atom stereocenters. The van der Waals surface area contributed by atoms with Crippen LogP contribution in [0.25, 0.3) is 17.1 Å². The molecule has 0 aliphatic carbocycles. The number of hydrogen-bond donors (Lipinski definition) is 1. The highest BCUT2D eigenvalue weighted by Crippen LogP contribution is 2.12. The smallest absolute Gasteiger partial charge is 0.0894 e. The molecule has 0 radical (unpaired) electrons. The molecule has 2 aromatic rings. The average molecular weight is 255 g/mol. The molecule has 3 nitrogen and oxygen atoms in total. The number of benzene rings is 1. The number of para-hydroxylation sites is 2. The summed E-state index contributed by atoms with van der Waals surface area (Å²) < 4.78 is 0. The second-order valence-electron chi connectivity index (χ2n) is 4.98. The quantitative estimate of drug-likeness (QED) is 0.889. The molecule has 0 bridgehead atoms. The topological polar surface area (TPSA) is 37.8 Å². The van der Waals surface area contributed by atoms with Gasteiger partial charge < -0.3 is 5.32 Å². The van der Waals surface area contributed by atoms with E-state index in [0.717, 1.165) is 29.7 Å². The van der Waals surface area contributed by atoms with E-state index in [1.54, 1.807) is 0 Å². The zero-order chi connectivity index (χ0) is 13.7. The van der Waals surface area contributed by atoms with Gasteiger partial charge in [-0.3, -0.25) is 4.98 Å². The normalized spacial score (nSPS) is 12.3. The van der Waals surface area contributed by atoms with Gasteiger partial charge >= 0.3 is 0 Å². The molecular formula is C16H21N3. The second kappa shape index (κ2) is 6.43. The van der Waals surface area contributed by atoms with Crippen LogP contribution in [0.5, 0.6) is 0 Å². The highest BCUT2D eigenvalue weighted by molar-refractivity contribution is 5.74. The molecule has 100 valence electrons. The molecule has 0 fully saturated rings. The van der Waals surface area contributed by atoms with Gasteiger partial charge in [0.25, 0.3) is 0 Å². The van der Waals surface area contributed by atoms with Gasteiger partial charge in [-0.25, -0.2) is 4.98 Å². The van der Waals surface area contributed by atoms with Crippen molar-refractivity contribution in [3.63, 3.8) is 0 Å². The van der Waals surface area contributed by atoms with Crippen LogP contribution in [0.4, 0.5) is 0 Å². The summed E-state index contributed by atoms with van der Waals surface area (Å²) in [5.41, 5.74) is 4.17. The Bertz CT molecular complexity index is 573. The first-order valence-corrected chi connectivity index (χ1v) is 6.83. The molecule has 0 saturated heterocycles. The lowest BCUT2D eigenvalue weighted by atomic mass is 10.1. The number of nitrogens with one attached hydrogen (secondary N) is 1. The van der Waals surface area contributed by atoms with E-state index in [1.807, 2.05) is 30.5 Å². The highest BCUT2D eigenvalue weighted by atomic mass is 14.9. The maximum atomic E-state index is 4.62. The molecule has 0 unspecified atom stereocenters. The van der Waals surface area contributed by atoms with Crippen molar-refractivity contribution in [3.05, 3.63) is 41.7 Å². The second-order valence-corrected chi connectivity index (χ2v) is 4.98. The van der Waals surface area contributed by atoms with Gasteiger partial charge in [-0.2, -0.15) is 0 Å². The standard InChI is InChI=1S/C16H21N3/c1-4-13(10-17-12(2)3)9-14-11-18-15-7-5-6-8-16(15)19-14/h5-9,11-12,17H,4,10H2,1-3H3. The van der Waals surface area contributed by atoms with E-state index in [9.17, 15) is 0 Å². The van der Waals surface area contributed by atoms with E-state index >= 15 is 0 Å². The van der Waals surface area contributed by atoms with E-state index in [-0.39, 0.29) is 0 Å². The van der Waals surface area contributed by atoms with Crippen LogP contribution in [0.15, 0.2) is 36.0 Å². The summed E-state index contributed by atoms with van der Waals surface area (Å²) in [5, 5.41) is 3.44. The maximum absolute atomic E-state index is 4.62. The first kappa shape index (κ1) is 13.7. The minimum absolute atomic E-state index is 0.498. The lowest BCUT2D eigenvalue weighted by Crippen LogP contribution is -2.24. The lowest BCUT2D eigenvalue weighted by molar-refractivity contribution is 0.617. The summed E-state index contributed by atoms with van der Waals surface area (Å²) >= 11 is 0. The van der Waals surface area contributed by atoms with Crippen LogP contribution < -0.4 is 5.32 Å². The van der Waals surface area contributed by atoms with Gasteiger partial charge in [0.1, 0.15) is 0 Å². The lowest BCUT2D eigenvalue weighted by Gasteiger charge is -2.10. The zero-order valence-corrected chi connectivity index (χ0v) is 11.9. The number of fused-ring (bicyclic) bond motifs is 1. The molecule has 1 N–H and O–H groups in total. The minimum atomic E-state index is 0.498. The molecule has 1 heterocycles. The van der Waals surface area contributed by atoms with Gasteiger partial charge in [-0.15, -0.1) is 0 Å². The number of rotatable bonds is 5. The van der Waals surface area contributed by atoms with Gasteiger partial charge in [0, 0.05) is 12.6 Å². The Morgan fingerprint density at radius 2 is 2.00 bits per heavy atom.